The predicted molar refractivity (Wildman–Crippen MR) is 86.8 cm³/mol. The fourth-order valence-corrected chi connectivity index (χ4v) is 6.19. The van der Waals surface area contributed by atoms with Crippen LogP contribution in [0.5, 0.6) is 0 Å². The van der Waals surface area contributed by atoms with Crippen LogP contribution in [0.25, 0.3) is 0 Å². The van der Waals surface area contributed by atoms with Gasteiger partial charge in [-0.1, -0.05) is 13.8 Å². The number of nitrogens with one attached hydrogen (secondary N) is 1. The highest BCUT2D eigenvalue weighted by atomic mass is 16.3. The van der Waals surface area contributed by atoms with E-state index in [1.54, 1.807) is 0 Å². The van der Waals surface area contributed by atoms with Gasteiger partial charge in [0.2, 0.25) is 11.8 Å². The molecule has 0 bridgehead atoms. The van der Waals surface area contributed by atoms with Crippen molar-refractivity contribution in [1.82, 2.24) is 5.32 Å². The molecule has 0 unspecified atom stereocenters. The molecule has 24 heavy (non-hydrogen) atoms. The second-order valence-electron chi connectivity index (χ2n) is 8.62. The molecule has 4 rings (SSSR count). The summed E-state index contributed by atoms with van der Waals surface area (Å²) in [6.07, 6.45) is 4.84. The van der Waals surface area contributed by atoms with E-state index < -0.39 is 5.41 Å². The molecular formula is C19H25NO4. The van der Waals surface area contributed by atoms with E-state index in [0.717, 1.165) is 31.3 Å². The van der Waals surface area contributed by atoms with Crippen molar-refractivity contribution in [3.05, 3.63) is 11.3 Å². The molecule has 2 N–H and O–H groups in total. The van der Waals surface area contributed by atoms with Crippen LogP contribution in [-0.2, 0) is 14.4 Å². The molecule has 0 radical (unpaired) electrons. The number of fused-ring (bicyclic) bond motifs is 5. The lowest BCUT2D eigenvalue weighted by atomic mass is 9.45. The van der Waals surface area contributed by atoms with Crippen molar-refractivity contribution in [2.75, 3.05) is 0 Å². The summed E-state index contributed by atoms with van der Waals surface area (Å²) in [5.41, 5.74) is 0.300. The molecule has 1 aliphatic heterocycles. The van der Waals surface area contributed by atoms with Crippen molar-refractivity contribution in [1.29, 1.82) is 0 Å². The lowest BCUT2D eigenvalue weighted by molar-refractivity contribution is -0.156. The predicted octanol–water partition coefficient (Wildman–Crippen LogP) is 2.66. The van der Waals surface area contributed by atoms with Gasteiger partial charge >= 0.3 is 0 Å². The quantitative estimate of drug-likeness (QED) is 0.669. The highest BCUT2D eigenvalue weighted by Crippen LogP contribution is 2.63. The number of rotatable bonds is 0. The Morgan fingerprint density at radius 1 is 1.00 bits per heavy atom. The summed E-state index contributed by atoms with van der Waals surface area (Å²) in [5, 5.41) is 12.8. The Hall–Kier alpha value is -1.65. The SMILES string of the molecule is C[C@]12CCC(=O)C(O)=C1CC[C@@H]1[C@@H]2CC[C@]2(C)C(=O)NC(=O)C[C@@H]12. The molecule has 2 saturated carbocycles. The molecule has 2 amide bonds. The Labute approximate surface area is 141 Å². The van der Waals surface area contributed by atoms with Gasteiger partial charge in [0, 0.05) is 12.8 Å². The highest BCUT2D eigenvalue weighted by molar-refractivity contribution is 6.01. The molecule has 0 spiro atoms. The number of aliphatic hydroxyl groups is 1. The maximum absolute atomic E-state index is 12.5. The van der Waals surface area contributed by atoms with Gasteiger partial charge in [0.1, 0.15) is 0 Å². The molecule has 3 aliphatic carbocycles. The number of ketones is 1. The normalized spacial score (nSPS) is 45.2. The van der Waals surface area contributed by atoms with E-state index in [4.69, 9.17) is 0 Å². The Morgan fingerprint density at radius 3 is 2.50 bits per heavy atom. The number of piperidine rings is 1. The Bertz CT molecular complexity index is 681. The molecule has 0 aromatic heterocycles. The summed E-state index contributed by atoms with van der Waals surface area (Å²) < 4.78 is 0. The van der Waals surface area contributed by atoms with Gasteiger partial charge in [-0.05, 0) is 60.8 Å². The zero-order valence-electron chi connectivity index (χ0n) is 14.4. The van der Waals surface area contributed by atoms with Gasteiger partial charge in [0.25, 0.3) is 0 Å². The number of carbonyl (C=O) groups excluding carboxylic acids is 3. The van der Waals surface area contributed by atoms with E-state index in [0.29, 0.717) is 31.1 Å². The lowest BCUT2D eigenvalue weighted by Gasteiger charge is -2.58. The first kappa shape index (κ1) is 15.9. The smallest absolute Gasteiger partial charge is 0.232 e. The first-order chi connectivity index (χ1) is 11.3. The number of carbonyl (C=O) groups is 3. The van der Waals surface area contributed by atoms with E-state index in [2.05, 4.69) is 12.2 Å². The highest BCUT2D eigenvalue weighted by Gasteiger charge is 2.59. The minimum Gasteiger partial charge on any atom is -0.504 e. The largest absolute Gasteiger partial charge is 0.504 e. The molecular weight excluding hydrogens is 306 g/mol. The fraction of sp³-hybridized carbons (Fsp3) is 0.737. The fourth-order valence-electron chi connectivity index (χ4n) is 6.19. The third kappa shape index (κ3) is 1.90. The average Bonchev–Trinajstić information content (AvgIpc) is 2.53. The maximum atomic E-state index is 12.5. The molecule has 5 nitrogen and oxygen atoms in total. The first-order valence-corrected chi connectivity index (χ1v) is 9.07. The Morgan fingerprint density at radius 2 is 1.75 bits per heavy atom. The number of aliphatic hydroxyl groups excluding tert-OH is 1. The van der Waals surface area contributed by atoms with Gasteiger partial charge in [-0.15, -0.1) is 0 Å². The summed E-state index contributed by atoms with van der Waals surface area (Å²) in [6.45, 7) is 4.18. The second kappa shape index (κ2) is 4.93. The van der Waals surface area contributed by atoms with Gasteiger partial charge in [-0.2, -0.15) is 0 Å². The topological polar surface area (TPSA) is 83.5 Å². The first-order valence-electron chi connectivity index (χ1n) is 9.07. The second-order valence-corrected chi connectivity index (χ2v) is 8.62. The third-order valence-corrected chi connectivity index (χ3v) is 7.66. The van der Waals surface area contributed by atoms with Crippen LogP contribution in [0.2, 0.25) is 0 Å². The monoisotopic (exact) mass is 331 g/mol. The van der Waals surface area contributed by atoms with Crippen LogP contribution in [0.15, 0.2) is 11.3 Å². The van der Waals surface area contributed by atoms with Crippen molar-refractivity contribution in [3.63, 3.8) is 0 Å². The van der Waals surface area contributed by atoms with Crippen LogP contribution in [0.1, 0.15) is 58.8 Å². The van der Waals surface area contributed by atoms with Crippen molar-refractivity contribution in [2.24, 2.45) is 28.6 Å². The summed E-state index contributed by atoms with van der Waals surface area (Å²) in [6, 6.07) is 0. The van der Waals surface area contributed by atoms with Gasteiger partial charge < -0.3 is 5.11 Å². The molecule has 1 heterocycles. The van der Waals surface area contributed by atoms with Crippen molar-refractivity contribution >= 4 is 17.6 Å². The van der Waals surface area contributed by atoms with Crippen LogP contribution >= 0.6 is 0 Å². The molecule has 5 atom stereocenters. The van der Waals surface area contributed by atoms with E-state index in [1.807, 2.05) is 6.92 Å². The third-order valence-electron chi connectivity index (χ3n) is 7.66. The molecule has 0 aromatic carbocycles. The van der Waals surface area contributed by atoms with Crippen LogP contribution in [-0.4, -0.2) is 22.7 Å². The summed E-state index contributed by atoms with van der Waals surface area (Å²) in [7, 11) is 0. The summed E-state index contributed by atoms with van der Waals surface area (Å²) >= 11 is 0. The van der Waals surface area contributed by atoms with Gasteiger partial charge in [-0.3, -0.25) is 19.7 Å². The van der Waals surface area contributed by atoms with E-state index in [-0.39, 0.29) is 34.7 Å². The number of hydrogen-bond acceptors (Lipinski definition) is 4. The lowest BCUT2D eigenvalue weighted by Crippen LogP contribution is -2.60. The van der Waals surface area contributed by atoms with Crippen LogP contribution in [0, 0.1) is 28.6 Å². The van der Waals surface area contributed by atoms with Gasteiger partial charge in [0.15, 0.2) is 11.5 Å². The number of imide groups is 1. The molecule has 3 fully saturated rings. The van der Waals surface area contributed by atoms with Crippen molar-refractivity contribution in [2.45, 2.75) is 58.8 Å². The van der Waals surface area contributed by atoms with Crippen LogP contribution in [0.3, 0.4) is 0 Å². The van der Waals surface area contributed by atoms with E-state index in [1.165, 1.54) is 0 Å². The van der Waals surface area contributed by atoms with Crippen molar-refractivity contribution in [3.8, 4) is 0 Å². The number of Topliss-reactive ketones (excluding diaryl/α,β-unsaturated/α-hetero) is 1. The zero-order valence-corrected chi connectivity index (χ0v) is 14.4. The van der Waals surface area contributed by atoms with Gasteiger partial charge in [-0.25, -0.2) is 0 Å². The minimum absolute atomic E-state index is 0.00648. The zero-order chi connectivity index (χ0) is 17.3. The van der Waals surface area contributed by atoms with Crippen LogP contribution in [0.4, 0.5) is 0 Å². The average molecular weight is 331 g/mol. The van der Waals surface area contributed by atoms with Gasteiger partial charge in [0.05, 0.1) is 5.41 Å². The standard InChI is InChI=1S/C19H25NO4/c1-18-8-6-14(21)16(23)12(18)4-3-10-11(18)5-7-19(2)13(10)9-15(22)20-17(19)24/h10-11,13,23H,3-9H2,1-2H3,(H,20,22,24)/t10-,11+,13+,18-,19+/m1/s1. The molecule has 130 valence electrons. The molecule has 1 saturated heterocycles. The maximum Gasteiger partial charge on any atom is 0.232 e. The minimum atomic E-state index is -0.459. The van der Waals surface area contributed by atoms with Crippen LogP contribution < -0.4 is 5.32 Å². The molecule has 4 aliphatic rings. The number of hydrogen-bond donors (Lipinski definition) is 2. The Kier molecular flexibility index (Phi) is 3.26. The number of amides is 2. The van der Waals surface area contributed by atoms with E-state index >= 15 is 0 Å². The number of allylic oxidation sites excluding steroid dienone is 2. The summed E-state index contributed by atoms with van der Waals surface area (Å²) in [5.74, 6) is 0.325. The van der Waals surface area contributed by atoms with Crippen molar-refractivity contribution < 1.29 is 19.5 Å². The molecule has 5 heteroatoms. The summed E-state index contributed by atoms with van der Waals surface area (Å²) in [4.78, 5) is 36.4. The molecule has 0 aromatic rings. The van der Waals surface area contributed by atoms with E-state index in [9.17, 15) is 19.5 Å². The Balaban J connectivity index is 1.74.